The van der Waals surface area contributed by atoms with E-state index in [2.05, 4.69) is 32.7 Å². The Kier molecular flexibility index (Phi) is 2.97. The largest absolute Gasteiger partial charge is 0.308 e. The van der Waals surface area contributed by atoms with E-state index in [0.717, 1.165) is 10.2 Å². The van der Waals surface area contributed by atoms with Crippen molar-refractivity contribution in [3.05, 3.63) is 45.8 Å². The number of carbonyl (C=O) groups excluding carboxylic acids is 1. The van der Waals surface area contributed by atoms with Gasteiger partial charge in [-0.3, -0.25) is 10.2 Å². The van der Waals surface area contributed by atoms with E-state index in [0.29, 0.717) is 17.6 Å². The molecule has 0 aromatic heterocycles. The van der Waals surface area contributed by atoms with E-state index in [1.54, 1.807) is 24.4 Å². The Morgan fingerprint density at radius 2 is 2.31 bits per heavy atom. The first-order chi connectivity index (χ1) is 7.74. The summed E-state index contributed by atoms with van der Waals surface area (Å²) in [5.74, 6) is 2.46. The summed E-state index contributed by atoms with van der Waals surface area (Å²) in [6.07, 6.45) is 12.6. The summed E-state index contributed by atoms with van der Waals surface area (Å²) in [5.41, 5.74) is 7.76. The van der Waals surface area contributed by atoms with Crippen LogP contribution in [0.25, 0.3) is 0 Å². The van der Waals surface area contributed by atoms with Gasteiger partial charge in [-0.1, -0.05) is 0 Å². The first-order valence-electron chi connectivity index (χ1n) is 4.71. The smallest absolute Gasteiger partial charge is 0.192 e. The van der Waals surface area contributed by atoms with E-state index in [1.165, 1.54) is 0 Å². The number of carbonyl (C=O) groups is 1. The molecule has 0 radical (unpaired) electrons. The van der Waals surface area contributed by atoms with E-state index >= 15 is 0 Å². The molecular weight excluding hydrogens is 268 g/mol. The van der Waals surface area contributed by atoms with Gasteiger partial charge < -0.3 is 5.43 Å². The number of hydrogen-bond acceptors (Lipinski definition) is 3. The van der Waals surface area contributed by atoms with Crippen LogP contribution in [0, 0.1) is 12.3 Å². The molecule has 0 saturated heterocycles. The fourth-order valence-corrected chi connectivity index (χ4v) is 2.13. The number of halogens is 1. The third kappa shape index (κ3) is 1.82. The molecule has 0 aromatic carbocycles. The molecule has 2 N–H and O–H groups in total. The number of fused-ring (bicyclic) bond motifs is 1. The van der Waals surface area contributed by atoms with E-state index in [9.17, 15) is 4.79 Å². The summed E-state index contributed by atoms with van der Waals surface area (Å²) in [6.45, 7) is 0. The van der Waals surface area contributed by atoms with Crippen LogP contribution in [-0.4, -0.2) is 5.78 Å². The highest BCUT2D eigenvalue weighted by atomic mass is 79.9. The van der Waals surface area contributed by atoms with Gasteiger partial charge in [-0.15, -0.1) is 12.3 Å². The van der Waals surface area contributed by atoms with Crippen LogP contribution in [0.1, 0.15) is 6.42 Å². The summed E-state index contributed by atoms with van der Waals surface area (Å²) in [5, 5.41) is 0. The lowest BCUT2D eigenvalue weighted by Crippen LogP contribution is -2.30. The molecule has 2 rings (SSSR count). The van der Waals surface area contributed by atoms with E-state index in [-0.39, 0.29) is 5.78 Å². The number of nitrogens with one attached hydrogen (secondary N) is 2. The Balaban J connectivity index is 2.49. The molecule has 16 heavy (non-hydrogen) atoms. The minimum absolute atomic E-state index is 0.0306. The molecule has 3 nitrogen and oxygen atoms in total. The molecule has 80 valence electrons. The average molecular weight is 277 g/mol. The Bertz CT molecular complexity index is 504. The first-order valence-corrected chi connectivity index (χ1v) is 5.50. The van der Waals surface area contributed by atoms with Crippen LogP contribution in [0.15, 0.2) is 45.8 Å². The summed E-state index contributed by atoms with van der Waals surface area (Å²) < 4.78 is 0.819. The van der Waals surface area contributed by atoms with Crippen molar-refractivity contribution in [1.29, 1.82) is 0 Å². The minimum Gasteiger partial charge on any atom is -0.308 e. The second-order valence-electron chi connectivity index (χ2n) is 3.31. The number of hydrogen-bond donors (Lipinski definition) is 2. The molecule has 0 atom stereocenters. The average Bonchev–Trinajstić information content (AvgIpc) is 2.51. The molecule has 1 aliphatic heterocycles. The van der Waals surface area contributed by atoms with Crippen molar-refractivity contribution in [3.8, 4) is 12.3 Å². The van der Waals surface area contributed by atoms with Gasteiger partial charge in [-0.05, 0) is 34.2 Å². The second kappa shape index (κ2) is 4.42. The molecule has 2 aliphatic rings. The highest BCUT2D eigenvalue weighted by Gasteiger charge is 2.25. The Hall–Kier alpha value is -1.73. The van der Waals surface area contributed by atoms with Crippen molar-refractivity contribution >= 4 is 21.7 Å². The number of ketones is 1. The second-order valence-corrected chi connectivity index (χ2v) is 4.17. The summed E-state index contributed by atoms with van der Waals surface area (Å²) in [4.78, 5) is 12.1. The molecule has 0 aromatic rings. The van der Waals surface area contributed by atoms with Crippen molar-refractivity contribution in [2.75, 3.05) is 0 Å². The van der Waals surface area contributed by atoms with Gasteiger partial charge in [0, 0.05) is 28.2 Å². The lowest BCUT2D eigenvalue weighted by atomic mass is 9.93. The Morgan fingerprint density at radius 1 is 1.50 bits per heavy atom. The van der Waals surface area contributed by atoms with Crippen molar-refractivity contribution in [1.82, 2.24) is 10.9 Å². The summed E-state index contributed by atoms with van der Waals surface area (Å²) >= 11 is 3.41. The predicted octanol–water partition coefficient (Wildman–Crippen LogP) is 1.67. The van der Waals surface area contributed by atoms with Gasteiger partial charge >= 0.3 is 0 Å². The van der Waals surface area contributed by atoms with Crippen molar-refractivity contribution in [2.45, 2.75) is 6.42 Å². The zero-order valence-corrected chi connectivity index (χ0v) is 9.97. The molecule has 0 saturated carbocycles. The van der Waals surface area contributed by atoms with Gasteiger partial charge in [0.05, 0.1) is 5.70 Å². The number of hydrazine groups is 1. The third-order valence-corrected chi connectivity index (χ3v) is 2.90. The Labute approximate surface area is 102 Å². The van der Waals surface area contributed by atoms with Crippen LogP contribution in [0.5, 0.6) is 0 Å². The normalized spacial score (nSPS) is 18.6. The highest BCUT2D eigenvalue weighted by molar-refractivity contribution is 9.11. The number of Topliss-reactive ketones (excluding diaryl/α,β-unsaturated/α-hetero) is 1. The standard InChI is InChI=1S/C12H9BrN2O/c1-2-4-8-7-10(13)11-9(12(8)16)5-3-6-14-15-11/h1,3,5-7,14-15H,4H2. The van der Waals surface area contributed by atoms with Gasteiger partial charge in [0.2, 0.25) is 0 Å². The fraction of sp³-hybridized carbons (Fsp3) is 0.0833. The zero-order chi connectivity index (χ0) is 11.5. The number of rotatable bonds is 1. The number of terminal acetylenes is 1. The van der Waals surface area contributed by atoms with Gasteiger partial charge in [-0.2, -0.15) is 0 Å². The molecule has 0 amide bonds. The molecule has 1 aliphatic carbocycles. The molecule has 0 bridgehead atoms. The summed E-state index contributed by atoms with van der Waals surface area (Å²) in [7, 11) is 0. The SMILES string of the molecule is C#CCC1=CC(Br)=C2NNC=CC=C2C1=O. The van der Waals surface area contributed by atoms with Gasteiger partial charge in [0.1, 0.15) is 0 Å². The maximum atomic E-state index is 12.1. The van der Waals surface area contributed by atoms with E-state index < -0.39 is 0 Å². The lowest BCUT2D eigenvalue weighted by molar-refractivity contribution is -0.112. The third-order valence-electron chi connectivity index (χ3n) is 2.28. The van der Waals surface area contributed by atoms with Crippen molar-refractivity contribution in [3.63, 3.8) is 0 Å². The lowest BCUT2D eigenvalue weighted by Gasteiger charge is -2.18. The Morgan fingerprint density at radius 3 is 3.06 bits per heavy atom. The van der Waals surface area contributed by atoms with E-state index in [1.807, 2.05) is 0 Å². The van der Waals surface area contributed by atoms with E-state index in [4.69, 9.17) is 6.42 Å². The molecule has 0 fully saturated rings. The molecule has 0 spiro atoms. The van der Waals surface area contributed by atoms with Crippen LogP contribution in [0.3, 0.4) is 0 Å². The van der Waals surface area contributed by atoms with Crippen LogP contribution in [0.2, 0.25) is 0 Å². The van der Waals surface area contributed by atoms with Crippen LogP contribution < -0.4 is 10.9 Å². The maximum Gasteiger partial charge on any atom is 0.192 e. The number of allylic oxidation sites excluding steroid dienone is 6. The molecule has 0 unspecified atom stereocenters. The highest BCUT2D eigenvalue weighted by Crippen LogP contribution is 2.29. The predicted molar refractivity (Wildman–Crippen MR) is 66.0 cm³/mol. The van der Waals surface area contributed by atoms with Crippen LogP contribution >= 0.6 is 15.9 Å². The molecule has 4 heteroatoms. The topological polar surface area (TPSA) is 41.1 Å². The van der Waals surface area contributed by atoms with Crippen molar-refractivity contribution < 1.29 is 4.79 Å². The summed E-state index contributed by atoms with van der Waals surface area (Å²) in [6, 6.07) is 0. The van der Waals surface area contributed by atoms with Gasteiger partial charge in [0.25, 0.3) is 0 Å². The zero-order valence-electron chi connectivity index (χ0n) is 8.38. The van der Waals surface area contributed by atoms with Gasteiger partial charge in [0.15, 0.2) is 5.78 Å². The molecule has 1 heterocycles. The quantitative estimate of drug-likeness (QED) is 0.716. The maximum absolute atomic E-state index is 12.1. The van der Waals surface area contributed by atoms with Crippen molar-refractivity contribution in [2.24, 2.45) is 0 Å². The van der Waals surface area contributed by atoms with Crippen LogP contribution in [-0.2, 0) is 4.79 Å². The molecular formula is C12H9BrN2O. The fourth-order valence-electron chi connectivity index (χ4n) is 1.54. The monoisotopic (exact) mass is 276 g/mol. The minimum atomic E-state index is -0.0306. The van der Waals surface area contributed by atoms with Gasteiger partial charge in [-0.25, -0.2) is 0 Å². The first kappa shape index (κ1) is 10.8. The van der Waals surface area contributed by atoms with Crippen LogP contribution in [0.4, 0.5) is 0 Å².